The third-order valence-corrected chi connectivity index (χ3v) is 3.84. The monoisotopic (exact) mass is 241 g/mol. The van der Waals surface area contributed by atoms with E-state index in [-0.39, 0.29) is 11.5 Å². The van der Waals surface area contributed by atoms with Gasteiger partial charge in [0.2, 0.25) is 0 Å². The summed E-state index contributed by atoms with van der Waals surface area (Å²) in [6.45, 7) is 10.3. The van der Waals surface area contributed by atoms with Gasteiger partial charge in [0.1, 0.15) is 5.01 Å². The lowest BCUT2D eigenvalue weighted by atomic mass is 9.87. The Morgan fingerprint density at radius 1 is 1.50 bits per heavy atom. The zero-order valence-corrected chi connectivity index (χ0v) is 11.5. The second-order valence-electron chi connectivity index (χ2n) is 5.18. The minimum atomic E-state index is 0.157. The Bertz CT molecular complexity index is 314. The highest BCUT2D eigenvalue weighted by Gasteiger charge is 2.19. The van der Waals surface area contributed by atoms with Gasteiger partial charge in [-0.1, -0.05) is 27.7 Å². The number of aryl methyl sites for hydroxylation is 1. The molecule has 16 heavy (non-hydrogen) atoms. The first-order chi connectivity index (χ1) is 7.43. The Balaban J connectivity index is 2.30. The summed E-state index contributed by atoms with van der Waals surface area (Å²) in [4.78, 5) is 5.71. The van der Waals surface area contributed by atoms with Crippen LogP contribution in [0.3, 0.4) is 0 Å². The first-order valence-electron chi connectivity index (χ1n) is 5.83. The minimum absolute atomic E-state index is 0.157. The smallest absolute Gasteiger partial charge is 0.107 e. The Hall–Kier alpha value is -0.450. The molecule has 1 heterocycles. The van der Waals surface area contributed by atoms with Crippen molar-refractivity contribution in [2.45, 2.75) is 46.7 Å². The zero-order chi connectivity index (χ0) is 12.2. The quantitative estimate of drug-likeness (QED) is 0.830. The molecule has 0 spiro atoms. The van der Waals surface area contributed by atoms with Crippen LogP contribution < -0.4 is 11.1 Å². The van der Waals surface area contributed by atoms with E-state index >= 15 is 0 Å². The second kappa shape index (κ2) is 5.75. The number of thiazole rings is 1. The van der Waals surface area contributed by atoms with Gasteiger partial charge in [-0.3, -0.25) is 0 Å². The molecule has 0 saturated heterocycles. The van der Waals surface area contributed by atoms with Crippen molar-refractivity contribution in [3.05, 3.63) is 16.1 Å². The molecule has 1 unspecified atom stereocenters. The van der Waals surface area contributed by atoms with E-state index in [1.165, 1.54) is 4.88 Å². The SMILES string of the molecule is CCc1cnc(CNCC(N)C(C)(C)C)s1. The Labute approximate surface area is 102 Å². The van der Waals surface area contributed by atoms with Crippen LogP contribution in [0.4, 0.5) is 0 Å². The summed E-state index contributed by atoms with van der Waals surface area (Å²) in [5, 5.41) is 4.52. The van der Waals surface area contributed by atoms with Crippen LogP contribution in [0.2, 0.25) is 0 Å². The maximum atomic E-state index is 6.07. The number of hydrogen-bond acceptors (Lipinski definition) is 4. The fourth-order valence-electron chi connectivity index (χ4n) is 1.23. The normalized spacial score (nSPS) is 14.1. The van der Waals surface area contributed by atoms with E-state index in [0.29, 0.717) is 0 Å². The molecule has 1 atom stereocenters. The lowest BCUT2D eigenvalue weighted by molar-refractivity contribution is 0.309. The summed E-state index contributed by atoms with van der Waals surface area (Å²) in [6.07, 6.45) is 3.03. The molecule has 0 radical (unpaired) electrons. The highest BCUT2D eigenvalue weighted by Crippen LogP contribution is 2.17. The average Bonchev–Trinajstić information content (AvgIpc) is 2.64. The molecule has 1 rings (SSSR count). The lowest BCUT2D eigenvalue weighted by Crippen LogP contribution is -2.43. The molecule has 0 amide bonds. The molecule has 1 aromatic rings. The minimum Gasteiger partial charge on any atom is -0.326 e. The fraction of sp³-hybridized carbons (Fsp3) is 0.750. The van der Waals surface area contributed by atoms with Crippen molar-refractivity contribution in [3.63, 3.8) is 0 Å². The van der Waals surface area contributed by atoms with E-state index in [1.54, 1.807) is 11.3 Å². The van der Waals surface area contributed by atoms with E-state index in [2.05, 4.69) is 38.0 Å². The van der Waals surface area contributed by atoms with E-state index in [9.17, 15) is 0 Å². The van der Waals surface area contributed by atoms with Crippen molar-refractivity contribution in [1.82, 2.24) is 10.3 Å². The predicted molar refractivity (Wildman–Crippen MR) is 70.6 cm³/mol. The summed E-state index contributed by atoms with van der Waals surface area (Å²) in [6, 6.07) is 0.179. The zero-order valence-electron chi connectivity index (χ0n) is 10.7. The van der Waals surface area contributed by atoms with Crippen LogP contribution in [0.1, 0.15) is 37.6 Å². The van der Waals surface area contributed by atoms with Gasteiger partial charge in [0.25, 0.3) is 0 Å². The molecule has 0 aliphatic rings. The van der Waals surface area contributed by atoms with Gasteiger partial charge in [0.15, 0.2) is 0 Å². The molecule has 0 aliphatic carbocycles. The van der Waals surface area contributed by atoms with Gasteiger partial charge in [-0.05, 0) is 11.8 Å². The van der Waals surface area contributed by atoms with Crippen LogP contribution in [0.25, 0.3) is 0 Å². The molecule has 92 valence electrons. The number of nitrogens with one attached hydrogen (secondary N) is 1. The molecule has 0 aromatic carbocycles. The van der Waals surface area contributed by atoms with Crippen molar-refractivity contribution in [1.29, 1.82) is 0 Å². The highest BCUT2D eigenvalue weighted by atomic mass is 32.1. The van der Waals surface area contributed by atoms with Crippen LogP contribution in [0.5, 0.6) is 0 Å². The molecular weight excluding hydrogens is 218 g/mol. The van der Waals surface area contributed by atoms with Gasteiger partial charge in [-0.2, -0.15) is 0 Å². The summed E-state index contributed by atoms with van der Waals surface area (Å²) in [5.74, 6) is 0. The van der Waals surface area contributed by atoms with E-state index in [4.69, 9.17) is 5.73 Å². The Morgan fingerprint density at radius 2 is 2.19 bits per heavy atom. The van der Waals surface area contributed by atoms with Crippen molar-refractivity contribution in [2.24, 2.45) is 11.1 Å². The Morgan fingerprint density at radius 3 is 2.69 bits per heavy atom. The summed E-state index contributed by atoms with van der Waals surface area (Å²) >= 11 is 1.78. The third kappa shape index (κ3) is 4.20. The van der Waals surface area contributed by atoms with E-state index in [0.717, 1.165) is 24.5 Å². The maximum Gasteiger partial charge on any atom is 0.107 e. The number of hydrogen-bond donors (Lipinski definition) is 2. The average molecular weight is 241 g/mol. The maximum absolute atomic E-state index is 6.07. The highest BCUT2D eigenvalue weighted by molar-refractivity contribution is 7.11. The van der Waals surface area contributed by atoms with E-state index in [1.807, 2.05) is 6.20 Å². The van der Waals surface area contributed by atoms with Crippen molar-refractivity contribution in [3.8, 4) is 0 Å². The van der Waals surface area contributed by atoms with Crippen LogP contribution in [-0.2, 0) is 13.0 Å². The molecule has 0 saturated carbocycles. The van der Waals surface area contributed by atoms with Crippen LogP contribution in [0.15, 0.2) is 6.20 Å². The topological polar surface area (TPSA) is 50.9 Å². The molecule has 3 nitrogen and oxygen atoms in total. The number of rotatable bonds is 5. The van der Waals surface area contributed by atoms with E-state index < -0.39 is 0 Å². The molecule has 4 heteroatoms. The second-order valence-corrected chi connectivity index (χ2v) is 6.38. The molecule has 1 aromatic heterocycles. The molecule has 0 fully saturated rings. The first-order valence-corrected chi connectivity index (χ1v) is 6.65. The van der Waals surface area contributed by atoms with Gasteiger partial charge in [0.05, 0.1) is 0 Å². The van der Waals surface area contributed by atoms with Crippen LogP contribution in [0, 0.1) is 5.41 Å². The van der Waals surface area contributed by atoms with Crippen molar-refractivity contribution >= 4 is 11.3 Å². The third-order valence-electron chi connectivity index (χ3n) is 2.70. The van der Waals surface area contributed by atoms with Crippen molar-refractivity contribution < 1.29 is 0 Å². The van der Waals surface area contributed by atoms with Crippen molar-refractivity contribution in [2.75, 3.05) is 6.54 Å². The van der Waals surface area contributed by atoms with Gasteiger partial charge < -0.3 is 11.1 Å². The summed E-state index contributed by atoms with van der Waals surface area (Å²) in [5.41, 5.74) is 6.22. The van der Waals surface area contributed by atoms with Gasteiger partial charge in [0, 0.05) is 30.2 Å². The predicted octanol–water partition coefficient (Wildman–Crippen LogP) is 2.17. The standard InChI is InChI=1S/C12H23N3S/c1-5-9-6-15-11(16-9)8-14-7-10(13)12(2,3)4/h6,10,14H,5,7-8,13H2,1-4H3. The van der Waals surface area contributed by atoms with Gasteiger partial charge in [-0.15, -0.1) is 11.3 Å². The number of nitrogens with zero attached hydrogens (tertiary/aromatic N) is 1. The lowest BCUT2D eigenvalue weighted by Gasteiger charge is -2.27. The van der Waals surface area contributed by atoms with Gasteiger partial charge in [-0.25, -0.2) is 4.98 Å². The number of nitrogens with two attached hydrogens (primary N) is 1. The molecule has 0 aliphatic heterocycles. The van der Waals surface area contributed by atoms with Crippen LogP contribution in [-0.4, -0.2) is 17.6 Å². The molecule has 3 N–H and O–H groups in total. The number of aromatic nitrogens is 1. The molecular formula is C12H23N3S. The fourth-order valence-corrected chi connectivity index (χ4v) is 2.07. The van der Waals surface area contributed by atoms with Crippen LogP contribution >= 0.6 is 11.3 Å². The Kier molecular flexibility index (Phi) is 4.89. The summed E-state index contributed by atoms with van der Waals surface area (Å²) < 4.78 is 0. The largest absolute Gasteiger partial charge is 0.326 e. The summed E-state index contributed by atoms with van der Waals surface area (Å²) in [7, 11) is 0. The molecule has 0 bridgehead atoms. The first kappa shape index (κ1) is 13.6. The van der Waals surface area contributed by atoms with Gasteiger partial charge >= 0.3 is 0 Å².